The van der Waals surface area contributed by atoms with Crippen LogP contribution in [-0.2, 0) is 12.4 Å². The van der Waals surface area contributed by atoms with E-state index in [2.05, 4.69) is 21.5 Å². The van der Waals surface area contributed by atoms with Crippen LogP contribution in [0.15, 0.2) is 12.1 Å². The third-order valence-electron chi connectivity index (χ3n) is 4.22. The molecule has 3 rings (SSSR count). The van der Waals surface area contributed by atoms with Gasteiger partial charge in [0.05, 0.1) is 13.0 Å². The van der Waals surface area contributed by atoms with Gasteiger partial charge in [-0.3, -0.25) is 0 Å². The predicted octanol–water partition coefficient (Wildman–Crippen LogP) is 3.61. The highest BCUT2D eigenvalue weighted by Crippen LogP contribution is 2.32. The van der Waals surface area contributed by atoms with Crippen LogP contribution in [0.5, 0.6) is 5.88 Å². The highest BCUT2D eigenvalue weighted by Gasteiger charge is 2.23. The monoisotopic (exact) mass is 293 g/mol. The lowest BCUT2D eigenvalue weighted by Gasteiger charge is -2.13. The first kappa shape index (κ1) is 13.7. The number of alkyl halides is 1. The molecule has 0 radical (unpaired) electrons. The highest BCUT2D eigenvalue weighted by atomic mass is 35.5. The number of methoxy groups -OCH3 is 1. The van der Waals surface area contributed by atoms with Gasteiger partial charge in [-0.05, 0) is 30.7 Å². The van der Waals surface area contributed by atoms with Crippen molar-refractivity contribution in [2.75, 3.05) is 7.11 Å². The summed E-state index contributed by atoms with van der Waals surface area (Å²) in [5, 5.41) is 0. The maximum absolute atomic E-state index is 6.05. The summed E-state index contributed by atoms with van der Waals surface area (Å²) in [6.07, 6.45) is 3.89. The van der Waals surface area contributed by atoms with Crippen molar-refractivity contribution < 1.29 is 4.74 Å². The van der Waals surface area contributed by atoms with Gasteiger partial charge in [-0.1, -0.05) is 13.3 Å². The normalized spacial score (nSPS) is 22.6. The quantitative estimate of drug-likeness (QED) is 0.808. The molecule has 1 saturated carbocycles. The van der Waals surface area contributed by atoms with Crippen LogP contribution in [0.2, 0.25) is 0 Å². The maximum Gasteiger partial charge on any atom is 0.215 e. The lowest BCUT2D eigenvalue weighted by molar-refractivity contribution is 0.397. The molecule has 0 amide bonds. The molecule has 2 unspecified atom stereocenters. The molecule has 108 valence electrons. The van der Waals surface area contributed by atoms with E-state index < -0.39 is 0 Å². The lowest BCUT2D eigenvalue weighted by Crippen LogP contribution is -2.11. The summed E-state index contributed by atoms with van der Waals surface area (Å²) in [6, 6.07) is 3.79. The lowest BCUT2D eigenvalue weighted by atomic mass is 10.1. The van der Waals surface area contributed by atoms with Crippen molar-refractivity contribution in [3.8, 4) is 5.88 Å². The fourth-order valence-electron chi connectivity index (χ4n) is 3.19. The number of nitrogens with zero attached hydrogens (tertiary/aromatic N) is 3. The van der Waals surface area contributed by atoms with Crippen LogP contribution in [0.1, 0.15) is 32.0 Å². The third kappa shape index (κ3) is 2.49. The van der Waals surface area contributed by atoms with Gasteiger partial charge in [0.2, 0.25) is 5.88 Å². The van der Waals surface area contributed by atoms with Gasteiger partial charge in [0.25, 0.3) is 0 Å². The predicted molar refractivity (Wildman–Crippen MR) is 80.1 cm³/mol. The Morgan fingerprint density at radius 1 is 1.35 bits per heavy atom. The molecule has 1 fully saturated rings. The number of aromatic nitrogens is 3. The van der Waals surface area contributed by atoms with E-state index >= 15 is 0 Å². The van der Waals surface area contributed by atoms with Crippen molar-refractivity contribution in [2.45, 2.75) is 38.6 Å². The number of imidazole rings is 1. The van der Waals surface area contributed by atoms with E-state index in [1.54, 1.807) is 7.11 Å². The molecule has 0 aliphatic heterocycles. The number of pyridine rings is 1. The first-order chi connectivity index (χ1) is 9.71. The minimum absolute atomic E-state index is 0.418. The second-order valence-corrected chi connectivity index (χ2v) is 6.02. The van der Waals surface area contributed by atoms with Crippen molar-refractivity contribution in [2.24, 2.45) is 11.8 Å². The van der Waals surface area contributed by atoms with E-state index in [0.29, 0.717) is 17.7 Å². The molecule has 2 aromatic heterocycles. The average molecular weight is 294 g/mol. The number of halogens is 1. The zero-order valence-corrected chi connectivity index (χ0v) is 12.7. The summed E-state index contributed by atoms with van der Waals surface area (Å²) in [5.41, 5.74) is 1.78. The molecule has 2 aromatic rings. The molecular formula is C15H20ClN3O. The van der Waals surface area contributed by atoms with Crippen LogP contribution in [0.4, 0.5) is 0 Å². The van der Waals surface area contributed by atoms with E-state index in [0.717, 1.165) is 29.5 Å². The summed E-state index contributed by atoms with van der Waals surface area (Å²) in [5.74, 6) is 3.48. The maximum atomic E-state index is 6.05. The molecule has 0 bridgehead atoms. The fourth-order valence-corrected chi connectivity index (χ4v) is 3.39. The topological polar surface area (TPSA) is 39.9 Å². The SMILES string of the molecule is COc1ccc2nc(CCl)n(CC3CCC(C)C3)c2n1. The van der Waals surface area contributed by atoms with Gasteiger partial charge >= 0.3 is 0 Å². The van der Waals surface area contributed by atoms with Crippen molar-refractivity contribution >= 4 is 22.8 Å². The zero-order chi connectivity index (χ0) is 14.1. The molecule has 20 heavy (non-hydrogen) atoms. The first-order valence-corrected chi connectivity index (χ1v) is 7.70. The number of hydrogen-bond donors (Lipinski definition) is 0. The molecule has 0 saturated heterocycles. The zero-order valence-electron chi connectivity index (χ0n) is 12.0. The van der Waals surface area contributed by atoms with Crippen LogP contribution < -0.4 is 4.74 Å². The van der Waals surface area contributed by atoms with Crippen molar-refractivity contribution in [1.82, 2.24) is 14.5 Å². The summed E-state index contributed by atoms with van der Waals surface area (Å²) >= 11 is 6.05. The fraction of sp³-hybridized carbons (Fsp3) is 0.600. The summed E-state index contributed by atoms with van der Waals surface area (Å²) < 4.78 is 7.40. The van der Waals surface area contributed by atoms with Crippen LogP contribution in [0.3, 0.4) is 0 Å². The standard InChI is InChI=1S/C15H20ClN3O/c1-10-3-4-11(7-10)9-19-13(8-16)17-12-5-6-14(20-2)18-15(12)19/h5-6,10-11H,3-4,7-9H2,1-2H3. The second kappa shape index (κ2) is 5.60. The second-order valence-electron chi connectivity index (χ2n) is 5.75. The molecule has 2 heterocycles. The Hall–Kier alpha value is -1.29. The Labute approximate surface area is 124 Å². The number of rotatable bonds is 4. The number of fused-ring (bicyclic) bond motifs is 1. The van der Waals surface area contributed by atoms with Gasteiger partial charge < -0.3 is 9.30 Å². The van der Waals surface area contributed by atoms with Gasteiger partial charge in [-0.2, -0.15) is 4.98 Å². The molecule has 0 N–H and O–H groups in total. The van der Waals surface area contributed by atoms with E-state index in [1.165, 1.54) is 19.3 Å². The van der Waals surface area contributed by atoms with Crippen LogP contribution in [0.25, 0.3) is 11.2 Å². The Kier molecular flexibility index (Phi) is 3.83. The van der Waals surface area contributed by atoms with Crippen LogP contribution >= 0.6 is 11.6 Å². The molecule has 5 heteroatoms. The van der Waals surface area contributed by atoms with Gasteiger partial charge in [0, 0.05) is 12.6 Å². The van der Waals surface area contributed by atoms with Gasteiger partial charge in [0.1, 0.15) is 11.3 Å². The smallest absolute Gasteiger partial charge is 0.215 e. The number of hydrogen-bond acceptors (Lipinski definition) is 3. The summed E-state index contributed by atoms with van der Waals surface area (Å²) in [4.78, 5) is 9.12. The minimum atomic E-state index is 0.418. The van der Waals surface area contributed by atoms with Gasteiger partial charge in [-0.25, -0.2) is 4.98 Å². The molecule has 1 aliphatic carbocycles. The van der Waals surface area contributed by atoms with E-state index in [1.807, 2.05) is 12.1 Å². The molecule has 0 spiro atoms. The van der Waals surface area contributed by atoms with Gasteiger partial charge in [0.15, 0.2) is 5.65 Å². The van der Waals surface area contributed by atoms with Crippen LogP contribution in [0, 0.1) is 11.8 Å². The number of ether oxygens (including phenoxy) is 1. The molecule has 4 nitrogen and oxygen atoms in total. The van der Waals surface area contributed by atoms with E-state index in [4.69, 9.17) is 16.3 Å². The first-order valence-electron chi connectivity index (χ1n) is 7.17. The molecular weight excluding hydrogens is 274 g/mol. The third-order valence-corrected chi connectivity index (χ3v) is 4.46. The van der Waals surface area contributed by atoms with Crippen molar-refractivity contribution in [3.05, 3.63) is 18.0 Å². The largest absolute Gasteiger partial charge is 0.481 e. The molecule has 1 aliphatic rings. The van der Waals surface area contributed by atoms with E-state index in [9.17, 15) is 0 Å². The Morgan fingerprint density at radius 3 is 2.85 bits per heavy atom. The molecule has 0 aromatic carbocycles. The average Bonchev–Trinajstić information content (AvgIpc) is 3.03. The van der Waals surface area contributed by atoms with E-state index in [-0.39, 0.29) is 0 Å². The van der Waals surface area contributed by atoms with Crippen molar-refractivity contribution in [1.29, 1.82) is 0 Å². The van der Waals surface area contributed by atoms with Crippen molar-refractivity contribution in [3.63, 3.8) is 0 Å². The summed E-state index contributed by atoms with van der Waals surface area (Å²) in [7, 11) is 1.63. The Balaban J connectivity index is 1.98. The summed E-state index contributed by atoms with van der Waals surface area (Å²) in [6.45, 7) is 3.29. The van der Waals surface area contributed by atoms with Gasteiger partial charge in [-0.15, -0.1) is 11.6 Å². The highest BCUT2D eigenvalue weighted by molar-refractivity contribution is 6.16. The molecule has 2 atom stereocenters. The minimum Gasteiger partial charge on any atom is -0.481 e. The Morgan fingerprint density at radius 2 is 2.20 bits per heavy atom. The van der Waals surface area contributed by atoms with Crippen LogP contribution in [-0.4, -0.2) is 21.6 Å². The Bertz CT molecular complexity index is 610.